The van der Waals surface area contributed by atoms with Crippen LogP contribution in [0.1, 0.15) is 27.4 Å². The summed E-state index contributed by atoms with van der Waals surface area (Å²) < 4.78 is 5.16. The Hall–Kier alpha value is -2.14. The minimum absolute atomic E-state index is 0. The Labute approximate surface area is 201 Å². The molecule has 2 heterocycles. The second-order valence-electron chi connectivity index (χ2n) is 7.82. The fourth-order valence-corrected chi connectivity index (χ4v) is 3.61. The molecule has 0 radical (unpaired) electrons. The molecule has 1 fully saturated rings. The van der Waals surface area contributed by atoms with Crippen molar-refractivity contribution in [3.05, 3.63) is 52.9 Å². The quantitative estimate of drug-likeness (QED) is 0.344. The fourth-order valence-electron chi connectivity index (χ4n) is 3.61. The number of aryl methyl sites for hydroxylation is 1. The molecule has 1 N–H and O–H groups in total. The van der Waals surface area contributed by atoms with Crippen LogP contribution in [0.4, 0.5) is 0 Å². The van der Waals surface area contributed by atoms with E-state index in [2.05, 4.69) is 31.3 Å². The number of hydrogen-bond acceptors (Lipinski definition) is 5. The minimum atomic E-state index is 0. The first-order valence-electron chi connectivity index (χ1n) is 10.4. The van der Waals surface area contributed by atoms with E-state index < -0.39 is 0 Å². The van der Waals surface area contributed by atoms with Crippen molar-refractivity contribution in [2.75, 3.05) is 53.9 Å². The van der Waals surface area contributed by atoms with Gasteiger partial charge in [0.15, 0.2) is 5.96 Å². The Kier molecular flexibility index (Phi) is 9.76. The van der Waals surface area contributed by atoms with Gasteiger partial charge in [0.25, 0.3) is 5.91 Å². The molecule has 31 heavy (non-hydrogen) atoms. The number of aliphatic imine (C=N–C) groups is 1. The van der Waals surface area contributed by atoms with Gasteiger partial charge in [-0.15, -0.1) is 24.0 Å². The highest BCUT2D eigenvalue weighted by molar-refractivity contribution is 14.0. The van der Waals surface area contributed by atoms with Crippen LogP contribution in [0.5, 0.6) is 0 Å². The van der Waals surface area contributed by atoms with E-state index in [1.54, 1.807) is 19.0 Å². The third-order valence-electron chi connectivity index (χ3n) is 5.22. The molecule has 9 heteroatoms. The summed E-state index contributed by atoms with van der Waals surface area (Å²) in [5.41, 5.74) is 2.84. The fraction of sp³-hybridized carbons (Fsp3) is 0.500. The smallest absolute Gasteiger partial charge is 0.253 e. The van der Waals surface area contributed by atoms with Crippen LogP contribution in [0.2, 0.25) is 0 Å². The second-order valence-corrected chi connectivity index (χ2v) is 7.82. The van der Waals surface area contributed by atoms with Gasteiger partial charge in [0.05, 0.1) is 5.69 Å². The number of nitrogens with zero attached hydrogens (tertiary/aromatic N) is 5. The summed E-state index contributed by atoms with van der Waals surface area (Å²) in [6.07, 6.45) is 0.832. The van der Waals surface area contributed by atoms with Crippen molar-refractivity contribution in [3.63, 3.8) is 0 Å². The molecule has 1 aromatic carbocycles. The molecule has 0 unspecified atom stereocenters. The average molecular weight is 540 g/mol. The van der Waals surface area contributed by atoms with Gasteiger partial charge in [-0.2, -0.15) is 0 Å². The first-order chi connectivity index (χ1) is 14.5. The highest BCUT2D eigenvalue weighted by Gasteiger charge is 2.20. The lowest BCUT2D eigenvalue weighted by atomic mass is 10.1. The summed E-state index contributed by atoms with van der Waals surface area (Å²) in [5.74, 6) is 1.80. The number of carbonyl (C=O) groups excluding carboxylic acids is 1. The van der Waals surface area contributed by atoms with E-state index in [1.165, 1.54) is 0 Å². The molecule has 0 atom stereocenters. The van der Waals surface area contributed by atoms with Crippen LogP contribution in [0.3, 0.4) is 0 Å². The van der Waals surface area contributed by atoms with Crippen molar-refractivity contribution in [3.8, 4) is 0 Å². The van der Waals surface area contributed by atoms with Crippen molar-refractivity contribution in [2.24, 2.45) is 4.99 Å². The van der Waals surface area contributed by atoms with Crippen LogP contribution in [-0.2, 0) is 13.0 Å². The average Bonchev–Trinajstić information content (AvgIpc) is 3.16. The third-order valence-corrected chi connectivity index (χ3v) is 5.22. The van der Waals surface area contributed by atoms with Gasteiger partial charge in [-0.3, -0.25) is 14.7 Å². The maximum absolute atomic E-state index is 12.1. The topological polar surface area (TPSA) is 77.2 Å². The van der Waals surface area contributed by atoms with E-state index in [4.69, 9.17) is 4.52 Å². The van der Waals surface area contributed by atoms with Crippen LogP contribution >= 0.6 is 24.0 Å². The van der Waals surface area contributed by atoms with Gasteiger partial charge in [-0.05, 0) is 31.0 Å². The summed E-state index contributed by atoms with van der Waals surface area (Å²) in [6.45, 7) is 7.26. The molecule has 0 aliphatic carbocycles. The summed E-state index contributed by atoms with van der Waals surface area (Å²) in [7, 11) is 5.36. The summed E-state index contributed by atoms with van der Waals surface area (Å²) >= 11 is 0. The lowest BCUT2D eigenvalue weighted by Crippen LogP contribution is -2.52. The van der Waals surface area contributed by atoms with Crippen LogP contribution in [-0.4, -0.2) is 85.6 Å². The zero-order chi connectivity index (χ0) is 21.5. The van der Waals surface area contributed by atoms with Crippen LogP contribution in [0, 0.1) is 6.92 Å². The maximum Gasteiger partial charge on any atom is 0.253 e. The second kappa shape index (κ2) is 12.0. The molecule has 0 saturated carbocycles. The number of carbonyl (C=O) groups is 1. The first-order valence-corrected chi connectivity index (χ1v) is 10.4. The predicted molar refractivity (Wildman–Crippen MR) is 133 cm³/mol. The van der Waals surface area contributed by atoms with E-state index in [0.29, 0.717) is 0 Å². The van der Waals surface area contributed by atoms with E-state index in [-0.39, 0.29) is 29.9 Å². The van der Waals surface area contributed by atoms with Gasteiger partial charge in [0, 0.05) is 72.0 Å². The molecule has 0 bridgehead atoms. The van der Waals surface area contributed by atoms with Crippen LogP contribution in [0.25, 0.3) is 0 Å². The number of nitrogens with one attached hydrogen (secondary N) is 1. The van der Waals surface area contributed by atoms with Crippen LogP contribution in [0.15, 0.2) is 39.8 Å². The van der Waals surface area contributed by atoms with Gasteiger partial charge in [-0.1, -0.05) is 17.3 Å². The molecule has 2 aromatic rings. The SMILES string of the molecule is CN=C(NCCc1cccc(C(=O)N(C)C)c1)N1CCN(Cc2cc(C)on2)CC1.I. The van der Waals surface area contributed by atoms with E-state index >= 15 is 0 Å². The lowest BCUT2D eigenvalue weighted by molar-refractivity contribution is 0.0827. The van der Waals surface area contributed by atoms with Crippen LogP contribution < -0.4 is 5.32 Å². The molecule has 1 aliphatic rings. The number of halogens is 1. The standard InChI is InChI=1S/C22H32N6O2.HI/c1-17-14-20(25-30-17)16-27-10-12-28(13-11-27)22(23-2)24-9-8-18-6-5-7-19(15-18)21(29)26(3)4;/h5-7,14-15H,8-13,16H2,1-4H3,(H,23,24);1H. The highest BCUT2D eigenvalue weighted by Crippen LogP contribution is 2.10. The van der Waals surface area contributed by atoms with Crippen molar-refractivity contribution in [2.45, 2.75) is 19.9 Å². The van der Waals surface area contributed by atoms with Gasteiger partial charge >= 0.3 is 0 Å². The molecule has 1 aliphatic heterocycles. The number of benzene rings is 1. The number of hydrogen-bond donors (Lipinski definition) is 1. The van der Waals surface area contributed by atoms with Gasteiger partial charge in [0.1, 0.15) is 5.76 Å². The summed E-state index contributed by atoms with van der Waals surface area (Å²) in [5, 5.41) is 7.55. The van der Waals surface area contributed by atoms with Gasteiger partial charge in [-0.25, -0.2) is 0 Å². The Morgan fingerprint density at radius 3 is 2.58 bits per heavy atom. The van der Waals surface area contributed by atoms with Crippen molar-refractivity contribution in [1.29, 1.82) is 0 Å². The Morgan fingerprint density at radius 2 is 1.97 bits per heavy atom. The number of aromatic nitrogens is 1. The van der Waals surface area contributed by atoms with Gasteiger partial charge in [0.2, 0.25) is 0 Å². The minimum Gasteiger partial charge on any atom is -0.361 e. The van der Waals surface area contributed by atoms with Gasteiger partial charge < -0.3 is 19.6 Å². The Balaban J connectivity index is 0.00000341. The largest absolute Gasteiger partial charge is 0.361 e. The Morgan fingerprint density at radius 1 is 1.23 bits per heavy atom. The molecule has 3 rings (SSSR count). The third kappa shape index (κ3) is 7.20. The molecule has 170 valence electrons. The first kappa shape index (κ1) is 25.1. The van der Waals surface area contributed by atoms with Crippen molar-refractivity contribution in [1.82, 2.24) is 25.2 Å². The summed E-state index contributed by atoms with van der Waals surface area (Å²) in [4.78, 5) is 22.9. The van der Waals surface area contributed by atoms with Crippen molar-refractivity contribution < 1.29 is 9.32 Å². The highest BCUT2D eigenvalue weighted by atomic mass is 127. The predicted octanol–water partition coefficient (Wildman–Crippen LogP) is 2.24. The molecule has 0 spiro atoms. The molecule has 1 saturated heterocycles. The summed E-state index contributed by atoms with van der Waals surface area (Å²) in [6, 6.07) is 9.82. The maximum atomic E-state index is 12.1. The number of piperazine rings is 1. The van der Waals surface area contributed by atoms with E-state index in [1.807, 2.05) is 38.2 Å². The lowest BCUT2D eigenvalue weighted by Gasteiger charge is -2.36. The Bertz CT molecular complexity index is 874. The zero-order valence-electron chi connectivity index (χ0n) is 18.8. The van der Waals surface area contributed by atoms with E-state index in [0.717, 1.165) is 74.2 Å². The number of guanidine groups is 1. The molecular formula is C22H33IN6O2. The number of rotatable bonds is 6. The molecule has 8 nitrogen and oxygen atoms in total. The normalized spacial score (nSPS) is 14.8. The molecule has 1 amide bonds. The van der Waals surface area contributed by atoms with E-state index in [9.17, 15) is 4.79 Å². The monoisotopic (exact) mass is 540 g/mol. The van der Waals surface area contributed by atoms with Crippen molar-refractivity contribution >= 4 is 35.8 Å². The number of amides is 1. The zero-order valence-corrected chi connectivity index (χ0v) is 21.1. The molecule has 1 aromatic heterocycles. The molecular weight excluding hydrogens is 507 g/mol.